The molecule has 1 nitrogen and oxygen atoms in total. The molecule has 0 spiro atoms. The summed E-state index contributed by atoms with van der Waals surface area (Å²) in [6.45, 7) is 3.45. The summed E-state index contributed by atoms with van der Waals surface area (Å²) >= 11 is 1.83. The molecule has 0 bridgehead atoms. The van der Waals surface area contributed by atoms with E-state index in [-0.39, 0.29) is 0 Å². The third-order valence-corrected chi connectivity index (χ3v) is 5.27. The molecule has 0 aliphatic heterocycles. The van der Waals surface area contributed by atoms with Gasteiger partial charge >= 0.3 is 0 Å². The molecule has 0 amide bonds. The molecule has 3 rings (SSSR count). The van der Waals surface area contributed by atoms with Crippen LogP contribution in [0.15, 0.2) is 16.8 Å². The molecule has 1 heterocycles. The summed E-state index contributed by atoms with van der Waals surface area (Å²) in [7, 11) is 0. The van der Waals surface area contributed by atoms with Crippen molar-refractivity contribution in [2.45, 2.75) is 45.1 Å². The monoisotopic (exact) mass is 249 g/mol. The Kier molecular flexibility index (Phi) is 3.53. The minimum absolute atomic E-state index is 0.734. The van der Waals surface area contributed by atoms with Crippen LogP contribution in [0.5, 0.6) is 0 Å². The molecular weight excluding hydrogens is 226 g/mol. The Bertz CT molecular complexity index is 336. The Balaban J connectivity index is 1.59. The van der Waals surface area contributed by atoms with E-state index in [1.165, 1.54) is 44.2 Å². The van der Waals surface area contributed by atoms with Gasteiger partial charge in [-0.05, 0) is 78.8 Å². The van der Waals surface area contributed by atoms with Gasteiger partial charge in [-0.15, -0.1) is 0 Å². The van der Waals surface area contributed by atoms with Gasteiger partial charge < -0.3 is 5.32 Å². The first-order valence-corrected chi connectivity index (χ1v) is 8.05. The molecule has 1 aromatic rings. The molecule has 0 saturated heterocycles. The zero-order valence-electron chi connectivity index (χ0n) is 10.7. The first-order chi connectivity index (χ1) is 8.36. The molecule has 1 N–H and O–H groups in total. The predicted molar refractivity (Wildman–Crippen MR) is 74.4 cm³/mol. The Morgan fingerprint density at radius 2 is 2.18 bits per heavy atom. The second kappa shape index (κ2) is 5.11. The fourth-order valence-corrected chi connectivity index (χ4v) is 4.17. The van der Waals surface area contributed by atoms with Gasteiger partial charge in [0.15, 0.2) is 0 Å². The molecule has 2 aliphatic rings. The summed E-state index contributed by atoms with van der Waals surface area (Å²) in [6.07, 6.45) is 7.02. The van der Waals surface area contributed by atoms with Crippen LogP contribution in [-0.2, 0) is 6.42 Å². The highest BCUT2D eigenvalue weighted by atomic mass is 32.1. The van der Waals surface area contributed by atoms with E-state index in [4.69, 9.17) is 0 Å². The second-order valence-corrected chi connectivity index (χ2v) is 6.66. The lowest BCUT2D eigenvalue weighted by Crippen LogP contribution is -2.38. The maximum Gasteiger partial charge on any atom is 0.0136 e. The van der Waals surface area contributed by atoms with E-state index >= 15 is 0 Å². The SMILES string of the molecule is CCCNC(Cc1ccsc1)C1CC2CC2C1. The van der Waals surface area contributed by atoms with Crippen molar-refractivity contribution in [3.8, 4) is 0 Å². The van der Waals surface area contributed by atoms with Crippen molar-refractivity contribution in [1.29, 1.82) is 0 Å². The molecule has 94 valence electrons. The first kappa shape index (κ1) is 11.7. The fourth-order valence-electron chi connectivity index (χ4n) is 3.49. The number of rotatable bonds is 6. The zero-order chi connectivity index (χ0) is 11.7. The smallest absolute Gasteiger partial charge is 0.0136 e. The van der Waals surface area contributed by atoms with Gasteiger partial charge in [0.25, 0.3) is 0 Å². The lowest BCUT2D eigenvalue weighted by Gasteiger charge is -2.25. The van der Waals surface area contributed by atoms with Gasteiger partial charge in [-0.25, -0.2) is 0 Å². The molecule has 2 saturated carbocycles. The summed E-state index contributed by atoms with van der Waals surface area (Å²) < 4.78 is 0. The van der Waals surface area contributed by atoms with Gasteiger partial charge in [0.2, 0.25) is 0 Å². The fraction of sp³-hybridized carbons (Fsp3) is 0.733. The maximum atomic E-state index is 3.80. The van der Waals surface area contributed by atoms with Crippen molar-refractivity contribution in [3.05, 3.63) is 22.4 Å². The number of fused-ring (bicyclic) bond motifs is 1. The number of nitrogens with one attached hydrogen (secondary N) is 1. The highest BCUT2D eigenvalue weighted by Crippen LogP contribution is 2.55. The van der Waals surface area contributed by atoms with Gasteiger partial charge in [-0.2, -0.15) is 11.3 Å². The second-order valence-electron chi connectivity index (χ2n) is 5.88. The van der Waals surface area contributed by atoms with E-state index in [0.717, 1.165) is 23.8 Å². The van der Waals surface area contributed by atoms with Crippen LogP contribution in [-0.4, -0.2) is 12.6 Å². The Labute approximate surface area is 109 Å². The summed E-state index contributed by atoms with van der Waals surface area (Å²) in [5.74, 6) is 3.16. The summed E-state index contributed by atoms with van der Waals surface area (Å²) in [5, 5.41) is 8.32. The van der Waals surface area contributed by atoms with Crippen LogP contribution in [0.1, 0.15) is 38.2 Å². The minimum atomic E-state index is 0.734. The van der Waals surface area contributed by atoms with Crippen molar-refractivity contribution in [1.82, 2.24) is 5.32 Å². The standard InChI is InChI=1S/C15H23NS/c1-2-4-16-15(6-11-3-5-17-10-11)14-8-12-7-13(12)9-14/h3,5,10,12-16H,2,4,6-9H2,1H3. The van der Waals surface area contributed by atoms with Crippen LogP contribution in [0.25, 0.3) is 0 Å². The Morgan fingerprint density at radius 1 is 1.35 bits per heavy atom. The van der Waals surface area contributed by atoms with Gasteiger partial charge in [0.05, 0.1) is 0 Å². The maximum absolute atomic E-state index is 3.80. The Morgan fingerprint density at radius 3 is 2.82 bits per heavy atom. The third kappa shape index (κ3) is 2.74. The third-order valence-electron chi connectivity index (χ3n) is 4.54. The zero-order valence-corrected chi connectivity index (χ0v) is 11.5. The van der Waals surface area contributed by atoms with E-state index < -0.39 is 0 Å². The van der Waals surface area contributed by atoms with Crippen molar-refractivity contribution < 1.29 is 0 Å². The molecule has 2 heteroatoms. The average molecular weight is 249 g/mol. The van der Waals surface area contributed by atoms with E-state index in [2.05, 4.69) is 29.1 Å². The van der Waals surface area contributed by atoms with Crippen LogP contribution < -0.4 is 5.32 Å². The van der Waals surface area contributed by atoms with Crippen LogP contribution in [0.3, 0.4) is 0 Å². The van der Waals surface area contributed by atoms with Crippen molar-refractivity contribution >= 4 is 11.3 Å². The first-order valence-electron chi connectivity index (χ1n) is 7.11. The largest absolute Gasteiger partial charge is 0.313 e. The highest BCUT2D eigenvalue weighted by Gasteiger charge is 2.47. The lowest BCUT2D eigenvalue weighted by molar-refractivity contribution is 0.332. The summed E-state index contributed by atoms with van der Waals surface area (Å²) in [4.78, 5) is 0. The van der Waals surface area contributed by atoms with Crippen LogP contribution in [0.4, 0.5) is 0 Å². The summed E-state index contributed by atoms with van der Waals surface area (Å²) in [6, 6.07) is 3.03. The molecule has 3 unspecified atom stereocenters. The number of thiophene rings is 1. The molecule has 1 aromatic heterocycles. The number of hydrogen-bond acceptors (Lipinski definition) is 2. The van der Waals surface area contributed by atoms with Crippen LogP contribution in [0.2, 0.25) is 0 Å². The lowest BCUT2D eigenvalue weighted by atomic mass is 9.90. The van der Waals surface area contributed by atoms with E-state index in [1.807, 2.05) is 11.3 Å². The topological polar surface area (TPSA) is 12.0 Å². The average Bonchev–Trinajstić information content (AvgIpc) is 2.80. The quantitative estimate of drug-likeness (QED) is 0.810. The van der Waals surface area contributed by atoms with Gasteiger partial charge in [0, 0.05) is 6.04 Å². The molecular formula is C15H23NS. The van der Waals surface area contributed by atoms with Gasteiger partial charge in [0.1, 0.15) is 0 Å². The molecule has 2 fully saturated rings. The number of hydrogen-bond donors (Lipinski definition) is 1. The summed E-state index contributed by atoms with van der Waals surface area (Å²) in [5.41, 5.74) is 1.53. The van der Waals surface area contributed by atoms with Gasteiger partial charge in [-0.1, -0.05) is 6.92 Å². The van der Waals surface area contributed by atoms with E-state index in [0.29, 0.717) is 0 Å². The van der Waals surface area contributed by atoms with Crippen molar-refractivity contribution in [2.75, 3.05) is 6.54 Å². The normalized spacial score (nSPS) is 32.4. The Hall–Kier alpha value is -0.340. The van der Waals surface area contributed by atoms with Crippen LogP contribution >= 0.6 is 11.3 Å². The molecule has 3 atom stereocenters. The predicted octanol–water partition coefficient (Wildman–Crippen LogP) is 3.70. The molecule has 2 aliphatic carbocycles. The molecule has 0 aromatic carbocycles. The molecule has 0 radical (unpaired) electrons. The van der Waals surface area contributed by atoms with E-state index in [1.54, 1.807) is 0 Å². The van der Waals surface area contributed by atoms with Gasteiger partial charge in [-0.3, -0.25) is 0 Å². The van der Waals surface area contributed by atoms with Crippen molar-refractivity contribution in [2.24, 2.45) is 17.8 Å². The van der Waals surface area contributed by atoms with E-state index in [9.17, 15) is 0 Å². The highest BCUT2D eigenvalue weighted by molar-refractivity contribution is 7.07. The van der Waals surface area contributed by atoms with Crippen molar-refractivity contribution in [3.63, 3.8) is 0 Å². The van der Waals surface area contributed by atoms with Crippen LogP contribution in [0, 0.1) is 17.8 Å². The minimum Gasteiger partial charge on any atom is -0.313 e. The molecule has 17 heavy (non-hydrogen) atoms.